The zero-order valence-electron chi connectivity index (χ0n) is 13.8. The van der Waals surface area contributed by atoms with Crippen molar-refractivity contribution in [1.29, 1.82) is 0 Å². The van der Waals surface area contributed by atoms with E-state index in [4.69, 9.17) is 11.6 Å². The van der Waals surface area contributed by atoms with E-state index in [-0.39, 0.29) is 18.0 Å². The summed E-state index contributed by atoms with van der Waals surface area (Å²) >= 11 is 6.00. The van der Waals surface area contributed by atoms with Gasteiger partial charge in [0.2, 0.25) is 5.91 Å². The molecule has 0 aliphatic rings. The Bertz CT molecular complexity index is 645. The lowest BCUT2D eigenvalue weighted by molar-refractivity contribution is -0.123. The van der Waals surface area contributed by atoms with Crippen LogP contribution in [-0.4, -0.2) is 24.4 Å². The number of carbonyl (C=O) groups is 1. The second kappa shape index (κ2) is 8.14. The van der Waals surface area contributed by atoms with E-state index in [9.17, 15) is 4.79 Å². The van der Waals surface area contributed by atoms with Crippen LogP contribution in [0.1, 0.15) is 37.1 Å². The minimum Gasteiger partial charge on any atom is -0.348 e. The van der Waals surface area contributed by atoms with Crippen molar-refractivity contribution in [3.63, 3.8) is 0 Å². The molecule has 0 bridgehead atoms. The summed E-state index contributed by atoms with van der Waals surface area (Å²) in [5, 5.41) is 3.70. The van der Waals surface area contributed by atoms with Gasteiger partial charge in [-0.2, -0.15) is 0 Å². The van der Waals surface area contributed by atoms with Gasteiger partial charge in [0.25, 0.3) is 0 Å². The van der Waals surface area contributed by atoms with Gasteiger partial charge in [0, 0.05) is 11.1 Å². The van der Waals surface area contributed by atoms with Crippen molar-refractivity contribution in [2.24, 2.45) is 0 Å². The highest BCUT2D eigenvalue weighted by Gasteiger charge is 2.16. The standard InChI is InChI=1S/C19H23ClN2O/c1-14(17-10-7-11-18(20)12-17)21-19(23)13-22(3)15(2)16-8-5-4-6-9-16/h4-12,14-15H,13H2,1-3H3,(H,21,23). The summed E-state index contributed by atoms with van der Waals surface area (Å²) < 4.78 is 0. The molecule has 122 valence electrons. The van der Waals surface area contributed by atoms with E-state index in [0.29, 0.717) is 11.6 Å². The average molecular weight is 331 g/mol. The highest BCUT2D eigenvalue weighted by atomic mass is 35.5. The van der Waals surface area contributed by atoms with Gasteiger partial charge in [-0.3, -0.25) is 9.69 Å². The molecule has 0 fully saturated rings. The molecule has 2 aromatic rings. The lowest BCUT2D eigenvalue weighted by atomic mass is 10.1. The van der Waals surface area contributed by atoms with E-state index < -0.39 is 0 Å². The molecule has 2 unspecified atom stereocenters. The average Bonchev–Trinajstić information content (AvgIpc) is 2.54. The molecule has 1 N–H and O–H groups in total. The normalized spacial score (nSPS) is 13.6. The smallest absolute Gasteiger partial charge is 0.234 e. The van der Waals surface area contributed by atoms with E-state index >= 15 is 0 Å². The lowest BCUT2D eigenvalue weighted by Gasteiger charge is -2.25. The van der Waals surface area contributed by atoms with Crippen LogP contribution < -0.4 is 5.32 Å². The number of halogens is 1. The molecule has 0 saturated carbocycles. The zero-order valence-corrected chi connectivity index (χ0v) is 14.5. The number of rotatable bonds is 6. The van der Waals surface area contributed by atoms with Crippen LogP contribution in [0.15, 0.2) is 54.6 Å². The Kier molecular flexibility index (Phi) is 6.20. The first-order valence-electron chi connectivity index (χ1n) is 7.77. The number of hydrogen-bond donors (Lipinski definition) is 1. The number of hydrogen-bond acceptors (Lipinski definition) is 2. The highest BCUT2D eigenvalue weighted by Crippen LogP contribution is 2.19. The van der Waals surface area contributed by atoms with Crippen LogP contribution in [0, 0.1) is 0 Å². The van der Waals surface area contributed by atoms with Gasteiger partial charge in [-0.05, 0) is 44.2 Å². The van der Waals surface area contributed by atoms with Crippen molar-refractivity contribution < 1.29 is 4.79 Å². The third-order valence-electron chi connectivity index (χ3n) is 4.06. The predicted octanol–water partition coefficient (Wildman–Crippen LogP) is 4.21. The number of carbonyl (C=O) groups excluding carboxylic acids is 1. The number of nitrogens with zero attached hydrogens (tertiary/aromatic N) is 1. The van der Waals surface area contributed by atoms with Crippen LogP contribution >= 0.6 is 11.6 Å². The lowest BCUT2D eigenvalue weighted by Crippen LogP contribution is -2.37. The van der Waals surface area contributed by atoms with E-state index in [2.05, 4.69) is 24.4 Å². The Balaban J connectivity index is 1.91. The fourth-order valence-corrected chi connectivity index (χ4v) is 2.69. The molecule has 0 aliphatic heterocycles. The van der Waals surface area contributed by atoms with Crippen LogP contribution in [0.3, 0.4) is 0 Å². The summed E-state index contributed by atoms with van der Waals surface area (Å²) in [7, 11) is 1.96. The van der Waals surface area contributed by atoms with Gasteiger partial charge in [-0.15, -0.1) is 0 Å². The molecule has 4 heteroatoms. The third-order valence-corrected chi connectivity index (χ3v) is 4.30. The van der Waals surface area contributed by atoms with Crippen LogP contribution in [-0.2, 0) is 4.79 Å². The maximum absolute atomic E-state index is 12.3. The van der Waals surface area contributed by atoms with Gasteiger partial charge in [0.15, 0.2) is 0 Å². The van der Waals surface area contributed by atoms with Crippen molar-refractivity contribution in [1.82, 2.24) is 10.2 Å². The maximum Gasteiger partial charge on any atom is 0.234 e. The van der Waals surface area contributed by atoms with Crippen molar-refractivity contribution in [3.05, 3.63) is 70.7 Å². The van der Waals surface area contributed by atoms with Gasteiger partial charge >= 0.3 is 0 Å². The summed E-state index contributed by atoms with van der Waals surface area (Å²) in [4.78, 5) is 14.3. The molecule has 0 radical (unpaired) electrons. The first kappa shape index (κ1) is 17.5. The molecule has 1 amide bonds. The molecule has 0 aromatic heterocycles. The molecule has 0 heterocycles. The molecular formula is C19H23ClN2O. The Labute approximate surface area is 143 Å². The Morgan fingerprint density at radius 1 is 1.09 bits per heavy atom. The van der Waals surface area contributed by atoms with E-state index in [1.807, 2.05) is 61.3 Å². The fourth-order valence-electron chi connectivity index (χ4n) is 2.50. The van der Waals surface area contributed by atoms with Crippen LogP contribution in [0.4, 0.5) is 0 Å². The van der Waals surface area contributed by atoms with Crippen molar-refractivity contribution >= 4 is 17.5 Å². The number of likely N-dealkylation sites (N-methyl/N-ethyl adjacent to an activating group) is 1. The first-order chi connectivity index (χ1) is 11.0. The monoisotopic (exact) mass is 330 g/mol. The molecule has 23 heavy (non-hydrogen) atoms. The fraction of sp³-hybridized carbons (Fsp3) is 0.316. The minimum atomic E-state index is -0.0679. The number of benzene rings is 2. The minimum absolute atomic E-state index is 0.00255. The van der Waals surface area contributed by atoms with E-state index in [1.165, 1.54) is 5.56 Å². The van der Waals surface area contributed by atoms with Gasteiger partial charge in [-0.1, -0.05) is 54.1 Å². The summed E-state index contributed by atoms with van der Waals surface area (Å²) in [6, 6.07) is 17.9. The quantitative estimate of drug-likeness (QED) is 0.860. The van der Waals surface area contributed by atoms with Crippen molar-refractivity contribution in [2.75, 3.05) is 13.6 Å². The summed E-state index contributed by atoms with van der Waals surface area (Å²) in [6.45, 7) is 4.41. The van der Waals surface area contributed by atoms with Crippen LogP contribution in [0.2, 0.25) is 5.02 Å². The zero-order chi connectivity index (χ0) is 16.8. The van der Waals surface area contributed by atoms with Gasteiger partial charge in [0.1, 0.15) is 0 Å². The first-order valence-corrected chi connectivity index (χ1v) is 8.15. The van der Waals surface area contributed by atoms with Crippen LogP contribution in [0.25, 0.3) is 0 Å². The second-order valence-electron chi connectivity index (χ2n) is 5.85. The molecule has 0 aliphatic carbocycles. The topological polar surface area (TPSA) is 32.3 Å². The number of amides is 1. The molecule has 0 spiro atoms. The van der Waals surface area contributed by atoms with E-state index in [1.54, 1.807) is 0 Å². The van der Waals surface area contributed by atoms with Crippen molar-refractivity contribution in [3.8, 4) is 0 Å². The maximum atomic E-state index is 12.3. The Morgan fingerprint density at radius 3 is 2.39 bits per heavy atom. The molecular weight excluding hydrogens is 308 g/mol. The number of nitrogens with one attached hydrogen (secondary N) is 1. The summed E-state index contributed by atoms with van der Waals surface area (Å²) in [6.07, 6.45) is 0. The van der Waals surface area contributed by atoms with Gasteiger partial charge in [0.05, 0.1) is 12.6 Å². The molecule has 2 atom stereocenters. The summed E-state index contributed by atoms with van der Waals surface area (Å²) in [5.41, 5.74) is 2.20. The Hall–Kier alpha value is -1.84. The molecule has 2 rings (SSSR count). The van der Waals surface area contributed by atoms with Gasteiger partial charge in [-0.25, -0.2) is 0 Å². The molecule has 3 nitrogen and oxygen atoms in total. The van der Waals surface area contributed by atoms with Gasteiger partial charge < -0.3 is 5.32 Å². The SMILES string of the molecule is CC(NC(=O)CN(C)C(C)c1ccccc1)c1cccc(Cl)c1. The molecule has 2 aromatic carbocycles. The largest absolute Gasteiger partial charge is 0.348 e. The Morgan fingerprint density at radius 2 is 1.74 bits per heavy atom. The summed E-state index contributed by atoms with van der Waals surface area (Å²) in [5.74, 6) is 0.00255. The highest BCUT2D eigenvalue weighted by molar-refractivity contribution is 6.30. The molecule has 0 saturated heterocycles. The van der Waals surface area contributed by atoms with Crippen LogP contribution in [0.5, 0.6) is 0 Å². The van der Waals surface area contributed by atoms with Crippen molar-refractivity contribution in [2.45, 2.75) is 25.9 Å². The third kappa shape index (κ3) is 5.08. The van der Waals surface area contributed by atoms with E-state index in [0.717, 1.165) is 5.56 Å². The predicted molar refractivity (Wildman–Crippen MR) is 95.5 cm³/mol. The second-order valence-corrected chi connectivity index (χ2v) is 6.28.